The first-order valence-corrected chi connectivity index (χ1v) is 5.16. The van der Waals surface area contributed by atoms with E-state index >= 15 is 0 Å². The zero-order chi connectivity index (χ0) is 10.8. The van der Waals surface area contributed by atoms with Crippen molar-refractivity contribution < 1.29 is 5.11 Å². The highest BCUT2D eigenvalue weighted by Crippen LogP contribution is 2.26. The molecule has 5 heteroatoms. The molecule has 1 saturated carbocycles. The van der Waals surface area contributed by atoms with Crippen molar-refractivity contribution in [2.24, 2.45) is 0 Å². The summed E-state index contributed by atoms with van der Waals surface area (Å²) < 4.78 is 1.50. The fourth-order valence-corrected chi connectivity index (χ4v) is 2.11. The minimum atomic E-state index is -0.387. The summed E-state index contributed by atoms with van der Waals surface area (Å²) in [7, 11) is 0. The van der Waals surface area contributed by atoms with Gasteiger partial charge in [0.1, 0.15) is 0 Å². The first-order valence-electron chi connectivity index (χ1n) is 5.16. The minimum absolute atomic E-state index is 0.0121. The van der Waals surface area contributed by atoms with Gasteiger partial charge in [-0.15, -0.1) is 0 Å². The first kappa shape index (κ1) is 10.2. The van der Waals surface area contributed by atoms with E-state index in [1.54, 1.807) is 0 Å². The fraction of sp³-hybridized carbons (Fsp3) is 0.600. The highest BCUT2D eigenvalue weighted by Gasteiger charge is 2.21. The lowest BCUT2D eigenvalue weighted by atomic mass is 9.93. The number of aliphatic hydroxyl groups is 1. The summed E-state index contributed by atoms with van der Waals surface area (Å²) in [6.45, 7) is 0. The number of nitrogens with zero attached hydrogens (tertiary/aromatic N) is 1. The Morgan fingerprint density at radius 1 is 1.40 bits per heavy atom. The van der Waals surface area contributed by atoms with Crippen molar-refractivity contribution in [2.45, 2.75) is 37.8 Å². The molecule has 0 amide bonds. The minimum Gasteiger partial charge on any atom is -0.393 e. The van der Waals surface area contributed by atoms with Crippen LogP contribution in [0, 0.1) is 0 Å². The molecular formula is C10H14N2O3. The van der Waals surface area contributed by atoms with Crippen LogP contribution in [0.25, 0.3) is 0 Å². The van der Waals surface area contributed by atoms with Crippen molar-refractivity contribution in [3.63, 3.8) is 0 Å². The van der Waals surface area contributed by atoms with Gasteiger partial charge in [0, 0.05) is 18.3 Å². The van der Waals surface area contributed by atoms with Gasteiger partial charge in [0.05, 0.1) is 6.10 Å². The van der Waals surface area contributed by atoms with Crippen LogP contribution in [0.15, 0.2) is 21.9 Å². The molecule has 0 aromatic carbocycles. The lowest BCUT2D eigenvalue weighted by Gasteiger charge is -2.26. The molecule has 1 fully saturated rings. The third-order valence-electron chi connectivity index (χ3n) is 2.86. The highest BCUT2D eigenvalue weighted by molar-refractivity contribution is 4.88. The molecule has 2 rings (SSSR count). The standard InChI is InChI=1S/C10H14N2O3/c13-8-3-1-2-7(6-8)12-5-4-9(14)11-10(12)15/h4-5,7-8,13H,1-3,6H2,(H,11,14,15). The number of hydrogen-bond donors (Lipinski definition) is 2. The molecule has 0 spiro atoms. The molecule has 1 aliphatic rings. The average molecular weight is 210 g/mol. The topological polar surface area (TPSA) is 75.1 Å². The summed E-state index contributed by atoms with van der Waals surface area (Å²) in [4.78, 5) is 24.6. The van der Waals surface area contributed by atoms with Crippen molar-refractivity contribution in [2.75, 3.05) is 0 Å². The monoisotopic (exact) mass is 210 g/mol. The number of nitrogens with one attached hydrogen (secondary N) is 1. The van der Waals surface area contributed by atoms with Gasteiger partial charge in [0.25, 0.3) is 5.56 Å². The van der Waals surface area contributed by atoms with Crippen LogP contribution in [0.5, 0.6) is 0 Å². The SMILES string of the molecule is O=c1ccn(C2CCCC(O)C2)c(=O)[nH]1. The molecule has 2 unspecified atom stereocenters. The van der Waals surface area contributed by atoms with Crippen LogP contribution < -0.4 is 11.2 Å². The van der Waals surface area contributed by atoms with Gasteiger partial charge < -0.3 is 5.11 Å². The Bertz CT molecular complexity index is 448. The van der Waals surface area contributed by atoms with Crippen molar-refractivity contribution in [1.29, 1.82) is 0 Å². The van der Waals surface area contributed by atoms with E-state index in [-0.39, 0.29) is 23.4 Å². The molecule has 0 saturated heterocycles. The molecule has 0 bridgehead atoms. The molecule has 2 N–H and O–H groups in total. The molecule has 0 aliphatic heterocycles. The van der Waals surface area contributed by atoms with Crippen LogP contribution in [0.3, 0.4) is 0 Å². The van der Waals surface area contributed by atoms with Gasteiger partial charge >= 0.3 is 5.69 Å². The molecule has 15 heavy (non-hydrogen) atoms. The largest absolute Gasteiger partial charge is 0.393 e. The third kappa shape index (κ3) is 2.18. The van der Waals surface area contributed by atoms with E-state index in [0.29, 0.717) is 6.42 Å². The number of aliphatic hydroxyl groups excluding tert-OH is 1. The fourth-order valence-electron chi connectivity index (χ4n) is 2.11. The van der Waals surface area contributed by atoms with Gasteiger partial charge in [-0.1, -0.05) is 0 Å². The van der Waals surface area contributed by atoms with E-state index in [0.717, 1.165) is 19.3 Å². The number of aromatic amines is 1. The van der Waals surface area contributed by atoms with Gasteiger partial charge in [-0.2, -0.15) is 0 Å². The predicted molar refractivity (Wildman–Crippen MR) is 54.8 cm³/mol. The summed E-state index contributed by atoms with van der Waals surface area (Å²) in [5, 5.41) is 9.50. The molecule has 1 heterocycles. The number of rotatable bonds is 1. The summed E-state index contributed by atoms with van der Waals surface area (Å²) in [6, 6.07) is 1.35. The molecule has 1 aromatic rings. The molecule has 5 nitrogen and oxygen atoms in total. The average Bonchev–Trinajstić information content (AvgIpc) is 2.17. The maximum absolute atomic E-state index is 11.5. The Labute approximate surface area is 86.4 Å². The van der Waals surface area contributed by atoms with Crippen LogP contribution in [-0.2, 0) is 0 Å². The summed E-state index contributed by atoms with van der Waals surface area (Å²) in [5.41, 5.74) is -0.769. The summed E-state index contributed by atoms with van der Waals surface area (Å²) >= 11 is 0. The Hall–Kier alpha value is -1.36. The van der Waals surface area contributed by atoms with Crippen LogP contribution >= 0.6 is 0 Å². The van der Waals surface area contributed by atoms with E-state index in [4.69, 9.17) is 0 Å². The predicted octanol–water partition coefficient (Wildman–Crippen LogP) is 0.0126. The molecular weight excluding hydrogens is 196 g/mol. The molecule has 2 atom stereocenters. The van der Waals surface area contributed by atoms with E-state index in [9.17, 15) is 14.7 Å². The van der Waals surface area contributed by atoms with Crippen LogP contribution in [0.1, 0.15) is 31.7 Å². The number of hydrogen-bond acceptors (Lipinski definition) is 3. The highest BCUT2D eigenvalue weighted by atomic mass is 16.3. The van der Waals surface area contributed by atoms with Crippen molar-refractivity contribution in [3.8, 4) is 0 Å². The molecule has 82 valence electrons. The number of H-pyrrole nitrogens is 1. The van der Waals surface area contributed by atoms with Crippen LogP contribution in [0.4, 0.5) is 0 Å². The Kier molecular flexibility index (Phi) is 2.73. The van der Waals surface area contributed by atoms with E-state index in [1.165, 1.54) is 16.8 Å². The zero-order valence-electron chi connectivity index (χ0n) is 8.35. The van der Waals surface area contributed by atoms with Crippen molar-refractivity contribution in [1.82, 2.24) is 9.55 Å². The van der Waals surface area contributed by atoms with E-state index in [1.807, 2.05) is 0 Å². The smallest absolute Gasteiger partial charge is 0.328 e. The lowest BCUT2D eigenvalue weighted by Crippen LogP contribution is -2.34. The van der Waals surface area contributed by atoms with E-state index in [2.05, 4.69) is 4.98 Å². The summed E-state index contributed by atoms with van der Waals surface area (Å²) in [6.07, 6.45) is 4.35. The van der Waals surface area contributed by atoms with Gasteiger partial charge in [0.15, 0.2) is 0 Å². The first-order chi connectivity index (χ1) is 7.16. The lowest BCUT2D eigenvalue weighted by molar-refractivity contribution is 0.102. The quantitative estimate of drug-likeness (QED) is 0.685. The van der Waals surface area contributed by atoms with Crippen molar-refractivity contribution >= 4 is 0 Å². The second-order valence-corrected chi connectivity index (χ2v) is 3.99. The third-order valence-corrected chi connectivity index (χ3v) is 2.86. The normalized spacial score (nSPS) is 26.5. The molecule has 0 radical (unpaired) electrons. The van der Waals surface area contributed by atoms with Crippen LogP contribution in [0.2, 0.25) is 0 Å². The van der Waals surface area contributed by atoms with Gasteiger partial charge in [-0.3, -0.25) is 14.3 Å². The molecule has 1 aromatic heterocycles. The summed E-state index contributed by atoms with van der Waals surface area (Å²) in [5.74, 6) is 0. The Morgan fingerprint density at radius 2 is 2.20 bits per heavy atom. The van der Waals surface area contributed by atoms with Gasteiger partial charge in [-0.25, -0.2) is 4.79 Å². The van der Waals surface area contributed by atoms with Crippen molar-refractivity contribution in [3.05, 3.63) is 33.1 Å². The van der Waals surface area contributed by atoms with Gasteiger partial charge in [0.2, 0.25) is 0 Å². The maximum atomic E-state index is 11.5. The second-order valence-electron chi connectivity index (χ2n) is 3.99. The Balaban J connectivity index is 2.29. The second kappa shape index (κ2) is 4.02. The number of aromatic nitrogens is 2. The zero-order valence-corrected chi connectivity index (χ0v) is 8.35. The van der Waals surface area contributed by atoms with E-state index < -0.39 is 0 Å². The molecule has 1 aliphatic carbocycles. The van der Waals surface area contributed by atoms with Gasteiger partial charge in [-0.05, 0) is 25.7 Å². The van der Waals surface area contributed by atoms with Crippen LogP contribution in [-0.4, -0.2) is 20.8 Å². The Morgan fingerprint density at radius 3 is 2.87 bits per heavy atom. The maximum Gasteiger partial charge on any atom is 0.328 e.